The van der Waals surface area contributed by atoms with E-state index in [9.17, 15) is 23.3 Å². The van der Waals surface area contributed by atoms with Gasteiger partial charge in [-0.15, -0.1) is 0 Å². The number of ether oxygens (including phenoxy) is 1. The highest BCUT2D eigenvalue weighted by atomic mass is 32.2. The summed E-state index contributed by atoms with van der Waals surface area (Å²) in [5, 5.41) is 11.3. The first-order chi connectivity index (χ1) is 12.7. The van der Waals surface area contributed by atoms with E-state index in [1.165, 1.54) is 6.07 Å². The highest BCUT2D eigenvalue weighted by Gasteiger charge is 2.30. The molecule has 0 aliphatic carbocycles. The van der Waals surface area contributed by atoms with Gasteiger partial charge in [-0.25, -0.2) is 4.79 Å². The van der Waals surface area contributed by atoms with Crippen LogP contribution in [0.3, 0.4) is 0 Å². The van der Waals surface area contributed by atoms with Crippen molar-refractivity contribution in [1.82, 2.24) is 0 Å². The number of benzene rings is 2. The fourth-order valence-corrected chi connectivity index (χ4v) is 3.57. The van der Waals surface area contributed by atoms with E-state index in [4.69, 9.17) is 4.18 Å². The van der Waals surface area contributed by atoms with Crippen LogP contribution < -0.4 is 4.18 Å². The molecule has 144 valence electrons. The molecule has 0 aliphatic heterocycles. The molecule has 8 nitrogen and oxygen atoms in total. The summed E-state index contributed by atoms with van der Waals surface area (Å²) in [7, 11) is -3.38. The monoisotopic (exact) mass is 393 g/mol. The lowest BCUT2D eigenvalue weighted by Gasteiger charge is -2.15. The number of para-hydroxylation sites is 1. The number of hydrogen-bond donors (Lipinski definition) is 0. The van der Waals surface area contributed by atoms with Gasteiger partial charge in [0.1, 0.15) is 5.75 Å². The molecule has 0 heterocycles. The first kappa shape index (κ1) is 20.4. The number of nitro groups is 1. The molecule has 0 amide bonds. The predicted molar refractivity (Wildman–Crippen MR) is 97.4 cm³/mol. The molecule has 0 N–H and O–H groups in total. The van der Waals surface area contributed by atoms with E-state index >= 15 is 0 Å². The van der Waals surface area contributed by atoms with Gasteiger partial charge >= 0.3 is 16.1 Å². The first-order valence-corrected chi connectivity index (χ1v) is 9.52. The Bertz CT molecular complexity index is 969. The Morgan fingerprint density at radius 2 is 1.89 bits per heavy atom. The Labute approximate surface area is 157 Å². The molecule has 0 saturated heterocycles. The summed E-state index contributed by atoms with van der Waals surface area (Å²) >= 11 is 0. The Morgan fingerprint density at radius 3 is 2.48 bits per heavy atom. The fraction of sp³-hybridized carbons (Fsp3) is 0.278. The molecular formula is C18H19NO7S. The van der Waals surface area contributed by atoms with Crippen LogP contribution in [0.25, 0.3) is 0 Å². The Kier molecular flexibility index (Phi) is 6.17. The van der Waals surface area contributed by atoms with E-state index in [0.717, 1.165) is 31.7 Å². The molecule has 0 fully saturated rings. The Hall–Kier alpha value is -2.94. The van der Waals surface area contributed by atoms with Gasteiger partial charge in [0.25, 0.3) is 5.69 Å². The standard InChI is InChI=1S/C18H19NO7S/c1-4-12(2)14-7-5-6-8-16(14)26-27(23,24)17-10-9-13(18(20)25-3)11-15(17)19(21)22/h5-12H,4H2,1-3H3/t12-/m0/s1. The van der Waals surface area contributed by atoms with E-state index < -0.39 is 31.6 Å². The molecule has 0 bridgehead atoms. The number of nitro benzene ring substituents is 1. The van der Waals surface area contributed by atoms with Crippen LogP contribution in [-0.2, 0) is 14.9 Å². The summed E-state index contributed by atoms with van der Waals surface area (Å²) < 4.78 is 35.1. The summed E-state index contributed by atoms with van der Waals surface area (Å²) in [6.07, 6.45) is 0.758. The molecule has 2 aromatic rings. The summed E-state index contributed by atoms with van der Waals surface area (Å²) in [6.45, 7) is 3.87. The van der Waals surface area contributed by atoms with Crippen molar-refractivity contribution in [2.45, 2.75) is 31.1 Å². The fourth-order valence-electron chi connectivity index (χ4n) is 2.46. The van der Waals surface area contributed by atoms with Crippen LogP contribution in [0.4, 0.5) is 5.69 Å². The van der Waals surface area contributed by atoms with Crippen molar-refractivity contribution in [3.63, 3.8) is 0 Å². The third-order valence-corrected chi connectivity index (χ3v) is 5.39. The second-order valence-corrected chi connectivity index (χ2v) is 7.33. The van der Waals surface area contributed by atoms with E-state index in [2.05, 4.69) is 4.74 Å². The van der Waals surface area contributed by atoms with Crippen molar-refractivity contribution in [3.8, 4) is 5.75 Å². The van der Waals surface area contributed by atoms with Crippen molar-refractivity contribution in [2.75, 3.05) is 7.11 Å². The second-order valence-electron chi connectivity index (χ2n) is 5.82. The van der Waals surface area contributed by atoms with Crippen LogP contribution in [0.2, 0.25) is 0 Å². The average molecular weight is 393 g/mol. The minimum absolute atomic E-state index is 0.0353. The topological polar surface area (TPSA) is 113 Å². The van der Waals surface area contributed by atoms with Crippen molar-refractivity contribution in [3.05, 3.63) is 63.7 Å². The highest BCUT2D eigenvalue weighted by molar-refractivity contribution is 7.87. The van der Waals surface area contributed by atoms with Gasteiger partial charge in [-0.05, 0) is 36.1 Å². The number of esters is 1. The zero-order valence-electron chi connectivity index (χ0n) is 15.0. The molecule has 0 saturated carbocycles. The van der Waals surface area contributed by atoms with E-state index in [-0.39, 0.29) is 17.2 Å². The molecule has 2 rings (SSSR count). The maximum absolute atomic E-state index is 12.7. The number of nitrogens with zero attached hydrogens (tertiary/aromatic N) is 1. The smallest absolute Gasteiger partial charge is 0.346 e. The highest BCUT2D eigenvalue weighted by Crippen LogP contribution is 2.33. The van der Waals surface area contributed by atoms with Crippen molar-refractivity contribution in [2.24, 2.45) is 0 Å². The third-order valence-electron chi connectivity index (χ3n) is 4.11. The number of rotatable bonds is 7. The second kappa shape index (κ2) is 8.17. The van der Waals surface area contributed by atoms with Crippen molar-refractivity contribution >= 4 is 21.8 Å². The molecular weight excluding hydrogens is 374 g/mol. The summed E-state index contributed by atoms with van der Waals surface area (Å²) in [5.74, 6) is -0.670. The van der Waals surface area contributed by atoms with Crippen LogP contribution in [0.15, 0.2) is 47.4 Å². The molecule has 27 heavy (non-hydrogen) atoms. The number of hydrogen-bond acceptors (Lipinski definition) is 7. The lowest BCUT2D eigenvalue weighted by molar-refractivity contribution is -0.387. The zero-order valence-corrected chi connectivity index (χ0v) is 15.9. The van der Waals surface area contributed by atoms with Gasteiger partial charge in [-0.3, -0.25) is 10.1 Å². The maximum Gasteiger partial charge on any atom is 0.346 e. The van der Waals surface area contributed by atoms with Crippen LogP contribution in [0.5, 0.6) is 5.75 Å². The molecule has 0 aliphatic rings. The molecule has 0 aromatic heterocycles. The van der Waals surface area contributed by atoms with Gasteiger partial charge in [0.05, 0.1) is 17.6 Å². The van der Waals surface area contributed by atoms with Crippen molar-refractivity contribution in [1.29, 1.82) is 0 Å². The normalized spacial score (nSPS) is 12.3. The van der Waals surface area contributed by atoms with Gasteiger partial charge < -0.3 is 8.92 Å². The lowest BCUT2D eigenvalue weighted by atomic mass is 9.98. The molecule has 2 aromatic carbocycles. The van der Waals surface area contributed by atoms with Gasteiger partial charge in [0, 0.05) is 6.07 Å². The largest absolute Gasteiger partial charge is 0.465 e. The van der Waals surface area contributed by atoms with Gasteiger partial charge in [-0.1, -0.05) is 32.0 Å². The predicted octanol–water partition coefficient (Wildman–Crippen LogP) is 3.66. The third kappa shape index (κ3) is 4.43. The SMILES string of the molecule is CC[C@H](C)c1ccccc1OS(=O)(=O)c1ccc(C(=O)OC)cc1[N+](=O)[O-]. The van der Waals surface area contributed by atoms with E-state index in [0.29, 0.717) is 5.56 Å². The molecule has 0 unspecified atom stereocenters. The van der Waals surface area contributed by atoms with E-state index in [1.54, 1.807) is 18.2 Å². The van der Waals surface area contributed by atoms with E-state index in [1.807, 2.05) is 13.8 Å². The van der Waals surface area contributed by atoms with Crippen LogP contribution in [0.1, 0.15) is 42.1 Å². The van der Waals surface area contributed by atoms with Gasteiger partial charge in [0.2, 0.25) is 0 Å². The summed E-state index contributed by atoms with van der Waals surface area (Å²) in [6, 6.07) is 9.56. The lowest BCUT2D eigenvalue weighted by Crippen LogP contribution is -2.14. The zero-order chi connectivity index (χ0) is 20.2. The molecule has 0 spiro atoms. The van der Waals surface area contributed by atoms with Crippen LogP contribution >= 0.6 is 0 Å². The molecule has 9 heteroatoms. The Morgan fingerprint density at radius 1 is 1.22 bits per heavy atom. The number of carbonyl (C=O) groups excluding carboxylic acids is 1. The quantitative estimate of drug-likeness (QED) is 0.305. The van der Waals surface area contributed by atoms with Gasteiger partial charge in [-0.2, -0.15) is 8.42 Å². The molecule has 0 radical (unpaired) electrons. The molecule has 1 atom stereocenters. The summed E-state index contributed by atoms with van der Waals surface area (Å²) in [5.41, 5.74) is -0.223. The van der Waals surface area contributed by atoms with Crippen LogP contribution in [0, 0.1) is 10.1 Å². The van der Waals surface area contributed by atoms with Gasteiger partial charge in [0.15, 0.2) is 4.90 Å². The number of carbonyl (C=O) groups is 1. The summed E-state index contributed by atoms with van der Waals surface area (Å²) in [4.78, 5) is 21.4. The number of methoxy groups -OCH3 is 1. The Balaban J connectivity index is 2.52. The van der Waals surface area contributed by atoms with Crippen molar-refractivity contribution < 1.29 is 27.1 Å². The minimum atomic E-state index is -4.50. The van der Waals surface area contributed by atoms with Crippen LogP contribution in [-0.4, -0.2) is 26.4 Å². The first-order valence-electron chi connectivity index (χ1n) is 8.11. The maximum atomic E-state index is 12.7. The average Bonchev–Trinajstić information content (AvgIpc) is 2.66. The minimum Gasteiger partial charge on any atom is -0.465 e.